The third-order valence-corrected chi connectivity index (χ3v) is 13.5. The second kappa shape index (κ2) is 25.1. The summed E-state index contributed by atoms with van der Waals surface area (Å²) in [7, 11) is 0. The Kier molecular flexibility index (Phi) is 19.0. The van der Waals surface area contributed by atoms with Crippen LogP contribution in [0.1, 0.15) is 86.5 Å². The number of carbonyl (C=O) groups is 5. The largest absolute Gasteiger partial charge is 0.457 e. The zero-order valence-corrected chi connectivity index (χ0v) is 42.6. The van der Waals surface area contributed by atoms with E-state index in [4.69, 9.17) is 70.6 Å². The van der Waals surface area contributed by atoms with E-state index in [2.05, 4.69) is 20.6 Å². The van der Waals surface area contributed by atoms with E-state index in [1.165, 1.54) is 18.5 Å². The van der Waals surface area contributed by atoms with Crippen LogP contribution >= 0.6 is 23.2 Å². The van der Waals surface area contributed by atoms with Gasteiger partial charge in [0.25, 0.3) is 0 Å². The predicted molar refractivity (Wildman–Crippen MR) is 253 cm³/mol. The van der Waals surface area contributed by atoms with Gasteiger partial charge in [-0.3, -0.25) is 14.4 Å². The van der Waals surface area contributed by atoms with Crippen molar-refractivity contribution >= 4 is 53.0 Å². The minimum absolute atomic E-state index is 0.0107. The molecule has 2 aromatic heterocycles. The lowest BCUT2D eigenvalue weighted by molar-refractivity contribution is -0.358. The van der Waals surface area contributed by atoms with Crippen LogP contribution < -0.4 is 0 Å². The third-order valence-electron chi connectivity index (χ3n) is 12.6. The average Bonchev–Trinajstić information content (AvgIpc) is 4.09. The van der Waals surface area contributed by atoms with E-state index in [9.17, 15) is 29.1 Å². The maximum atomic E-state index is 13.8. The van der Waals surface area contributed by atoms with Crippen molar-refractivity contribution in [3.05, 3.63) is 95.6 Å². The van der Waals surface area contributed by atoms with Gasteiger partial charge in [-0.15, -0.1) is 33.4 Å². The number of halogens is 2. The van der Waals surface area contributed by atoms with Gasteiger partial charge >= 0.3 is 29.8 Å². The number of hydrogen-bond acceptors (Lipinski definition) is 20. The summed E-state index contributed by atoms with van der Waals surface area (Å²) in [4.78, 5) is 64.8. The molecule has 4 aromatic rings. The molecule has 0 aliphatic carbocycles. The molecule has 0 unspecified atom stereocenters. The SMILES string of the molecule is CC[C@H]1O[C@H](O[C@]2(CCl)O[C@H](Cn3cc(CO[C@H]4O[C@H](Cn5cc(CCCO)nn5)[C@@H](C)[C@H](OC(=O)c5ccccc5)[C@@H]4OC(=O)c4ccccc4)nn3)[C@@H](C)[C@@H]2OC(C)=O)[C@H](OC(C)=O)[C@@H](OC(C)=O)[C@H]1Cl. The van der Waals surface area contributed by atoms with E-state index in [-0.39, 0.29) is 37.4 Å². The van der Waals surface area contributed by atoms with Gasteiger partial charge in [-0.05, 0) is 43.5 Å². The standard InChI is InChI=1S/C49H60Cl2N6O16/c1-7-36-39(51)41(65-29(4)59)43(66-30(5)60)48(68-36)73-49(26-50)44(67-31(6)61)28(3)38(72-49)24-57-22-35(53-55-57)25-64-47-42(71-46(63)33-17-12-9-13-18-33)40(70-45(62)32-15-10-8-11-16-32)27(2)37(69-47)23-56-21-34(52-54-56)19-14-20-58/h8-13,15-18,21-22,27-28,36-44,47-48,58H,7,14,19-20,23-26H2,1-6H3/t27-,28-,36-,37-,38-,39+,40+,41+,42+,43-,44+,47+,48-,49+/m1/s1. The number of rotatable bonds is 21. The van der Waals surface area contributed by atoms with Gasteiger partial charge < -0.3 is 52.5 Å². The number of aromatic nitrogens is 6. The normalized spacial score (nSPS) is 30.0. The molecule has 396 valence electrons. The van der Waals surface area contributed by atoms with Crippen molar-refractivity contribution < 1.29 is 76.4 Å². The van der Waals surface area contributed by atoms with Crippen LogP contribution in [-0.2, 0) is 87.9 Å². The summed E-state index contributed by atoms with van der Waals surface area (Å²) in [6, 6.07) is 16.7. The van der Waals surface area contributed by atoms with Crippen LogP contribution in [-0.4, -0.2) is 150 Å². The Hall–Kier alpha value is -5.59. The van der Waals surface area contributed by atoms with Gasteiger partial charge in [0.15, 0.2) is 30.7 Å². The Morgan fingerprint density at radius 2 is 1.22 bits per heavy atom. The molecule has 24 heteroatoms. The monoisotopic (exact) mass is 1060 g/mol. The number of benzene rings is 2. The van der Waals surface area contributed by atoms with Crippen molar-refractivity contribution in [2.24, 2.45) is 11.8 Å². The lowest BCUT2D eigenvalue weighted by Crippen LogP contribution is -2.62. The Bertz CT molecular complexity index is 2490. The summed E-state index contributed by atoms with van der Waals surface area (Å²) in [6.45, 7) is 8.83. The van der Waals surface area contributed by atoms with Crippen molar-refractivity contribution in [3.63, 3.8) is 0 Å². The van der Waals surface area contributed by atoms with Crippen LogP contribution in [0.25, 0.3) is 0 Å². The van der Waals surface area contributed by atoms with Gasteiger partial charge in [0.1, 0.15) is 17.2 Å². The number of aryl methyl sites for hydroxylation is 1. The Labute approximate surface area is 431 Å². The van der Waals surface area contributed by atoms with Crippen LogP contribution in [0, 0.1) is 11.8 Å². The molecule has 2 aromatic carbocycles. The topological polar surface area (TPSA) is 259 Å². The van der Waals surface area contributed by atoms with Crippen molar-refractivity contribution in [3.8, 4) is 0 Å². The molecule has 0 amide bonds. The summed E-state index contributed by atoms with van der Waals surface area (Å²) in [5, 5.41) is 25.6. The number of esters is 5. The van der Waals surface area contributed by atoms with E-state index in [1.54, 1.807) is 91.6 Å². The second-order valence-corrected chi connectivity index (χ2v) is 18.8. The highest BCUT2D eigenvalue weighted by Gasteiger charge is 2.61. The highest BCUT2D eigenvalue weighted by atomic mass is 35.5. The first-order valence-electron chi connectivity index (χ1n) is 23.9. The quantitative estimate of drug-likeness (QED) is 0.0691. The van der Waals surface area contributed by atoms with Crippen LogP contribution in [0.3, 0.4) is 0 Å². The molecule has 73 heavy (non-hydrogen) atoms. The Morgan fingerprint density at radius 1 is 0.685 bits per heavy atom. The van der Waals surface area contributed by atoms with E-state index in [0.29, 0.717) is 30.7 Å². The molecule has 3 aliphatic heterocycles. The number of carbonyl (C=O) groups excluding carboxylic acids is 5. The number of hydrogen-bond donors (Lipinski definition) is 1. The Morgan fingerprint density at radius 3 is 1.79 bits per heavy atom. The molecular formula is C49H60Cl2N6O16. The molecule has 14 atom stereocenters. The lowest BCUT2D eigenvalue weighted by atomic mass is 9.90. The second-order valence-electron chi connectivity index (χ2n) is 18.0. The van der Waals surface area contributed by atoms with Crippen LogP contribution in [0.5, 0.6) is 0 Å². The lowest BCUT2D eigenvalue weighted by Gasteiger charge is -2.45. The molecule has 3 saturated heterocycles. The summed E-state index contributed by atoms with van der Waals surface area (Å²) >= 11 is 13.4. The smallest absolute Gasteiger partial charge is 0.338 e. The fourth-order valence-corrected chi connectivity index (χ4v) is 9.72. The number of ether oxygens (including phenoxy) is 10. The highest BCUT2D eigenvalue weighted by Crippen LogP contribution is 2.44. The van der Waals surface area contributed by atoms with E-state index >= 15 is 0 Å². The maximum absolute atomic E-state index is 13.8. The summed E-state index contributed by atoms with van der Waals surface area (Å²) in [5.74, 6) is -7.00. The van der Waals surface area contributed by atoms with Gasteiger partial charge in [-0.2, -0.15) is 0 Å². The van der Waals surface area contributed by atoms with Gasteiger partial charge in [0.05, 0.1) is 66.9 Å². The summed E-state index contributed by atoms with van der Waals surface area (Å²) in [5.41, 5.74) is 1.47. The minimum Gasteiger partial charge on any atom is -0.457 e. The van der Waals surface area contributed by atoms with E-state index in [1.807, 2.05) is 6.92 Å². The number of aliphatic hydroxyl groups excluding tert-OH is 1. The van der Waals surface area contributed by atoms with Crippen LogP contribution in [0.4, 0.5) is 0 Å². The zero-order valence-electron chi connectivity index (χ0n) is 41.1. The van der Waals surface area contributed by atoms with E-state index < -0.39 is 120 Å². The first-order chi connectivity index (χ1) is 35.0. The molecule has 0 bridgehead atoms. The molecule has 5 heterocycles. The summed E-state index contributed by atoms with van der Waals surface area (Å²) in [6.07, 6.45) is -6.55. The highest BCUT2D eigenvalue weighted by molar-refractivity contribution is 6.21. The molecule has 3 fully saturated rings. The third kappa shape index (κ3) is 13.6. The fraction of sp³-hybridized carbons (Fsp3) is 0.571. The summed E-state index contributed by atoms with van der Waals surface area (Å²) < 4.78 is 64.6. The van der Waals surface area contributed by atoms with Crippen LogP contribution in [0.15, 0.2) is 73.1 Å². The fourth-order valence-electron chi connectivity index (χ4n) is 9.01. The van der Waals surface area contributed by atoms with Crippen molar-refractivity contribution in [1.82, 2.24) is 30.0 Å². The Balaban J connectivity index is 1.13. The number of aliphatic hydroxyl groups is 1. The van der Waals surface area contributed by atoms with Crippen molar-refractivity contribution in [2.45, 2.75) is 153 Å². The molecule has 0 spiro atoms. The molecule has 22 nitrogen and oxygen atoms in total. The first kappa shape index (κ1) is 55.2. The van der Waals surface area contributed by atoms with Gasteiger partial charge in [0.2, 0.25) is 12.1 Å². The molecular weight excluding hydrogens is 999 g/mol. The minimum atomic E-state index is -1.91. The number of nitrogens with zero attached hydrogens (tertiary/aromatic N) is 6. The number of alkyl halides is 2. The maximum Gasteiger partial charge on any atom is 0.338 e. The van der Waals surface area contributed by atoms with Gasteiger partial charge in [-0.1, -0.05) is 67.6 Å². The average molecular weight is 1060 g/mol. The molecule has 1 N–H and O–H groups in total. The zero-order chi connectivity index (χ0) is 52.4. The van der Waals surface area contributed by atoms with Crippen molar-refractivity contribution in [1.29, 1.82) is 0 Å². The molecule has 0 radical (unpaired) electrons. The predicted octanol–water partition coefficient (Wildman–Crippen LogP) is 4.35. The van der Waals surface area contributed by atoms with Gasteiger partial charge in [-0.25, -0.2) is 19.0 Å². The molecule has 3 aliphatic rings. The van der Waals surface area contributed by atoms with Crippen molar-refractivity contribution in [2.75, 3.05) is 12.5 Å². The first-order valence-corrected chi connectivity index (χ1v) is 24.9. The van der Waals surface area contributed by atoms with Gasteiger partial charge in [0, 0.05) is 45.4 Å². The van der Waals surface area contributed by atoms with E-state index in [0.717, 1.165) is 6.92 Å². The molecule has 7 rings (SSSR count). The molecule has 0 saturated carbocycles. The van der Waals surface area contributed by atoms with Crippen LogP contribution in [0.2, 0.25) is 0 Å².